The lowest BCUT2D eigenvalue weighted by atomic mass is 10.00. The van der Waals surface area contributed by atoms with Crippen LogP contribution in [-0.2, 0) is 6.42 Å². The normalized spacial score (nSPS) is 13.4. The molecule has 2 aromatic carbocycles. The zero-order valence-corrected chi connectivity index (χ0v) is 13.1. The fourth-order valence-corrected chi connectivity index (χ4v) is 2.97. The molecule has 1 amide bonds. The standard InChI is InChI=1S/C18H18FNO3/c1-22-15-6-3-7-16(23-2)17(15)18(21)20-10-4-5-12-11-13(19)8-9-14(12)20/h3,6-9,11H,4-5,10H2,1-2H3. The lowest BCUT2D eigenvalue weighted by Gasteiger charge is -2.30. The first-order valence-corrected chi connectivity index (χ1v) is 7.47. The van der Waals surface area contributed by atoms with Crippen molar-refractivity contribution in [3.8, 4) is 11.5 Å². The second kappa shape index (κ2) is 6.28. The maximum Gasteiger partial charge on any atom is 0.265 e. The zero-order chi connectivity index (χ0) is 16.4. The summed E-state index contributed by atoms with van der Waals surface area (Å²) in [4.78, 5) is 14.7. The number of anilines is 1. The quantitative estimate of drug-likeness (QED) is 0.871. The van der Waals surface area contributed by atoms with E-state index < -0.39 is 0 Å². The van der Waals surface area contributed by atoms with Gasteiger partial charge in [-0.15, -0.1) is 0 Å². The molecule has 0 atom stereocenters. The molecular weight excluding hydrogens is 297 g/mol. The molecule has 4 nitrogen and oxygen atoms in total. The zero-order valence-electron chi connectivity index (χ0n) is 13.1. The highest BCUT2D eigenvalue weighted by Crippen LogP contribution is 2.34. The summed E-state index contributed by atoms with van der Waals surface area (Å²) in [5.41, 5.74) is 1.98. The minimum absolute atomic E-state index is 0.202. The molecule has 0 N–H and O–H groups in total. The summed E-state index contributed by atoms with van der Waals surface area (Å²) in [6.45, 7) is 0.582. The second-order valence-electron chi connectivity index (χ2n) is 5.37. The molecule has 5 heteroatoms. The maximum atomic E-state index is 13.4. The van der Waals surface area contributed by atoms with Gasteiger partial charge in [0.25, 0.3) is 5.91 Å². The van der Waals surface area contributed by atoms with Gasteiger partial charge in [0.2, 0.25) is 0 Å². The summed E-state index contributed by atoms with van der Waals surface area (Å²) < 4.78 is 24.1. The molecule has 0 saturated carbocycles. The Morgan fingerprint density at radius 3 is 2.48 bits per heavy atom. The van der Waals surface area contributed by atoms with Crippen LogP contribution in [0.2, 0.25) is 0 Å². The number of hydrogen-bond donors (Lipinski definition) is 0. The second-order valence-corrected chi connectivity index (χ2v) is 5.37. The molecule has 1 aliphatic rings. The van der Waals surface area contributed by atoms with Crippen LogP contribution in [0.3, 0.4) is 0 Å². The first kappa shape index (κ1) is 15.3. The van der Waals surface area contributed by atoms with Gasteiger partial charge in [0.05, 0.1) is 14.2 Å². The van der Waals surface area contributed by atoms with E-state index in [0.29, 0.717) is 23.6 Å². The minimum Gasteiger partial charge on any atom is -0.496 e. The third-order valence-corrected chi connectivity index (χ3v) is 4.05. The number of fused-ring (bicyclic) bond motifs is 1. The van der Waals surface area contributed by atoms with E-state index in [4.69, 9.17) is 9.47 Å². The van der Waals surface area contributed by atoms with Crippen LogP contribution in [0.1, 0.15) is 22.3 Å². The third-order valence-electron chi connectivity index (χ3n) is 4.05. The number of methoxy groups -OCH3 is 2. The number of carbonyl (C=O) groups excluding carboxylic acids is 1. The number of nitrogens with zero attached hydrogens (tertiary/aromatic N) is 1. The molecule has 0 aliphatic carbocycles. The van der Waals surface area contributed by atoms with Crippen LogP contribution in [0, 0.1) is 5.82 Å². The number of hydrogen-bond acceptors (Lipinski definition) is 3. The van der Waals surface area contributed by atoms with Crippen molar-refractivity contribution in [1.29, 1.82) is 0 Å². The lowest BCUT2D eigenvalue weighted by molar-refractivity contribution is 0.0979. The van der Waals surface area contributed by atoms with Crippen LogP contribution in [-0.4, -0.2) is 26.7 Å². The van der Waals surface area contributed by atoms with Gasteiger partial charge in [0, 0.05) is 12.2 Å². The Hall–Kier alpha value is -2.56. The first-order chi connectivity index (χ1) is 11.2. The lowest BCUT2D eigenvalue weighted by Crippen LogP contribution is -2.36. The molecule has 0 bridgehead atoms. The molecule has 0 spiro atoms. The summed E-state index contributed by atoms with van der Waals surface area (Å²) in [6, 6.07) is 9.76. The summed E-state index contributed by atoms with van der Waals surface area (Å²) >= 11 is 0. The van der Waals surface area contributed by atoms with Crippen molar-refractivity contribution in [1.82, 2.24) is 0 Å². The average Bonchev–Trinajstić information content (AvgIpc) is 2.59. The number of ether oxygens (including phenoxy) is 2. The molecule has 120 valence electrons. The van der Waals surface area contributed by atoms with Gasteiger partial charge in [-0.05, 0) is 48.7 Å². The minimum atomic E-state index is -0.284. The van der Waals surface area contributed by atoms with Crippen LogP contribution in [0.25, 0.3) is 0 Å². The fourth-order valence-electron chi connectivity index (χ4n) is 2.97. The summed E-state index contributed by atoms with van der Waals surface area (Å²) in [6.07, 6.45) is 1.56. The molecule has 0 unspecified atom stereocenters. The van der Waals surface area contributed by atoms with Crippen LogP contribution in [0.4, 0.5) is 10.1 Å². The molecule has 0 fully saturated rings. The van der Waals surface area contributed by atoms with E-state index in [9.17, 15) is 9.18 Å². The Morgan fingerprint density at radius 2 is 1.83 bits per heavy atom. The molecule has 2 aromatic rings. The molecular formula is C18H18FNO3. The van der Waals surface area contributed by atoms with Gasteiger partial charge in [-0.2, -0.15) is 0 Å². The number of rotatable bonds is 3. The summed E-state index contributed by atoms with van der Waals surface area (Å²) in [5, 5.41) is 0. The highest BCUT2D eigenvalue weighted by molar-refractivity contribution is 6.10. The molecule has 1 aliphatic heterocycles. The van der Waals surface area contributed by atoms with E-state index in [0.717, 1.165) is 24.1 Å². The van der Waals surface area contributed by atoms with Crippen molar-refractivity contribution >= 4 is 11.6 Å². The Labute approximate surface area is 134 Å². The van der Waals surface area contributed by atoms with Crippen molar-refractivity contribution < 1.29 is 18.7 Å². The van der Waals surface area contributed by atoms with E-state index in [1.807, 2.05) is 0 Å². The van der Waals surface area contributed by atoms with Crippen LogP contribution < -0.4 is 14.4 Å². The van der Waals surface area contributed by atoms with E-state index in [1.54, 1.807) is 29.2 Å². The van der Waals surface area contributed by atoms with Gasteiger partial charge in [-0.1, -0.05) is 6.07 Å². The van der Waals surface area contributed by atoms with Crippen LogP contribution in [0.15, 0.2) is 36.4 Å². The van der Waals surface area contributed by atoms with Gasteiger partial charge >= 0.3 is 0 Å². The van der Waals surface area contributed by atoms with Crippen LogP contribution >= 0.6 is 0 Å². The number of halogens is 1. The Balaban J connectivity index is 2.06. The van der Waals surface area contributed by atoms with Crippen molar-refractivity contribution in [3.63, 3.8) is 0 Å². The van der Waals surface area contributed by atoms with Gasteiger partial charge < -0.3 is 14.4 Å². The summed E-state index contributed by atoms with van der Waals surface area (Å²) in [5.74, 6) is 0.437. The monoisotopic (exact) mass is 315 g/mol. The molecule has 0 aromatic heterocycles. The Bertz CT molecular complexity index is 723. The molecule has 1 heterocycles. The Kier molecular flexibility index (Phi) is 4.19. The van der Waals surface area contributed by atoms with Gasteiger partial charge in [-0.25, -0.2) is 4.39 Å². The molecule has 0 saturated heterocycles. The maximum absolute atomic E-state index is 13.4. The largest absolute Gasteiger partial charge is 0.496 e. The first-order valence-electron chi connectivity index (χ1n) is 7.47. The number of aryl methyl sites for hydroxylation is 1. The predicted octanol–water partition coefficient (Wildman–Crippen LogP) is 3.44. The average molecular weight is 315 g/mol. The van der Waals surface area contributed by atoms with Gasteiger partial charge in [0.1, 0.15) is 22.9 Å². The van der Waals surface area contributed by atoms with E-state index in [-0.39, 0.29) is 11.7 Å². The van der Waals surface area contributed by atoms with E-state index in [1.165, 1.54) is 26.4 Å². The van der Waals surface area contributed by atoms with E-state index in [2.05, 4.69) is 0 Å². The summed E-state index contributed by atoms with van der Waals surface area (Å²) in [7, 11) is 3.04. The molecule has 3 rings (SSSR count). The Morgan fingerprint density at radius 1 is 1.13 bits per heavy atom. The third kappa shape index (κ3) is 2.74. The molecule has 23 heavy (non-hydrogen) atoms. The van der Waals surface area contributed by atoms with Crippen molar-refractivity contribution in [2.75, 3.05) is 25.7 Å². The number of carbonyl (C=O) groups is 1. The predicted molar refractivity (Wildman–Crippen MR) is 85.9 cm³/mol. The highest BCUT2D eigenvalue weighted by atomic mass is 19.1. The van der Waals surface area contributed by atoms with Crippen molar-refractivity contribution in [2.24, 2.45) is 0 Å². The number of benzene rings is 2. The topological polar surface area (TPSA) is 38.8 Å². The van der Waals surface area contributed by atoms with Gasteiger partial charge in [-0.3, -0.25) is 4.79 Å². The smallest absolute Gasteiger partial charge is 0.265 e. The highest BCUT2D eigenvalue weighted by Gasteiger charge is 2.28. The van der Waals surface area contributed by atoms with E-state index >= 15 is 0 Å². The SMILES string of the molecule is COc1cccc(OC)c1C(=O)N1CCCc2cc(F)ccc21. The van der Waals surface area contributed by atoms with Crippen molar-refractivity contribution in [2.45, 2.75) is 12.8 Å². The van der Waals surface area contributed by atoms with Crippen LogP contribution in [0.5, 0.6) is 11.5 Å². The molecule has 0 radical (unpaired) electrons. The number of amides is 1. The fraction of sp³-hybridized carbons (Fsp3) is 0.278. The van der Waals surface area contributed by atoms with Gasteiger partial charge in [0.15, 0.2) is 0 Å². The van der Waals surface area contributed by atoms with Crippen molar-refractivity contribution in [3.05, 3.63) is 53.3 Å².